The van der Waals surface area contributed by atoms with Gasteiger partial charge in [-0.15, -0.1) is 0 Å². The number of hydrogen-bond acceptors (Lipinski definition) is 1. The lowest BCUT2D eigenvalue weighted by atomic mass is 10.2. The van der Waals surface area contributed by atoms with Crippen molar-refractivity contribution >= 4 is 29.2 Å². The number of halogens is 4. The summed E-state index contributed by atoms with van der Waals surface area (Å²) in [6.45, 7) is 0. The van der Waals surface area contributed by atoms with Gasteiger partial charge < -0.3 is 11.1 Å². The van der Waals surface area contributed by atoms with E-state index in [1.54, 1.807) is 0 Å². The Morgan fingerprint density at radius 3 is 2.45 bits per heavy atom. The topological polar surface area (TPSA) is 67.5 Å². The Balaban J connectivity index is 2.17. The average molecular weight is 328 g/mol. The molecule has 0 aliphatic rings. The lowest BCUT2D eigenvalue weighted by molar-refractivity contribution is 0.100. The van der Waals surface area contributed by atoms with Crippen molar-refractivity contribution in [1.29, 1.82) is 0 Å². The van der Waals surface area contributed by atoms with Gasteiger partial charge in [0.1, 0.15) is 5.82 Å². The molecule has 0 radical (unpaired) electrons. The van der Waals surface area contributed by atoms with Gasteiger partial charge in [0.15, 0.2) is 11.6 Å². The van der Waals surface area contributed by atoms with Crippen LogP contribution in [0.25, 0.3) is 0 Å². The van der Waals surface area contributed by atoms with Crippen molar-refractivity contribution in [3.63, 3.8) is 0 Å². The highest BCUT2D eigenvalue weighted by Crippen LogP contribution is 2.18. The highest BCUT2D eigenvalue weighted by molar-refractivity contribution is 6.31. The van der Waals surface area contributed by atoms with Gasteiger partial charge in [0.05, 0.1) is 0 Å². The van der Waals surface area contributed by atoms with Crippen LogP contribution in [0.15, 0.2) is 41.4 Å². The number of aliphatic imine (C=N–C) groups is 1. The van der Waals surface area contributed by atoms with Gasteiger partial charge >= 0.3 is 0 Å². The number of nitrogens with zero attached hydrogens (tertiary/aromatic N) is 1. The Hall–Kier alpha value is -2.54. The molecule has 0 aliphatic heterocycles. The highest BCUT2D eigenvalue weighted by atomic mass is 35.5. The van der Waals surface area contributed by atoms with E-state index >= 15 is 0 Å². The Morgan fingerprint density at radius 1 is 1.09 bits per heavy atom. The summed E-state index contributed by atoms with van der Waals surface area (Å²) in [7, 11) is 0. The summed E-state index contributed by atoms with van der Waals surface area (Å²) >= 11 is 5.66. The summed E-state index contributed by atoms with van der Waals surface area (Å²) in [5.74, 6) is -4.09. The fourth-order valence-corrected chi connectivity index (χ4v) is 1.83. The van der Waals surface area contributed by atoms with E-state index in [1.165, 1.54) is 6.07 Å². The molecule has 4 nitrogen and oxygen atoms in total. The lowest BCUT2D eigenvalue weighted by Crippen LogP contribution is -2.24. The third kappa shape index (κ3) is 3.98. The normalized spacial score (nSPS) is 11.4. The molecule has 0 spiro atoms. The third-order valence-electron chi connectivity index (χ3n) is 2.52. The zero-order chi connectivity index (χ0) is 16.3. The Labute approximate surface area is 128 Å². The number of carbonyl (C=O) groups excluding carboxylic acids is 1. The number of rotatable bonds is 2. The molecule has 0 bridgehead atoms. The molecule has 0 fully saturated rings. The second-order valence-corrected chi connectivity index (χ2v) is 4.65. The van der Waals surface area contributed by atoms with Crippen molar-refractivity contribution in [1.82, 2.24) is 0 Å². The second kappa shape index (κ2) is 6.48. The van der Waals surface area contributed by atoms with E-state index in [0.717, 1.165) is 24.3 Å². The molecular weight excluding hydrogens is 319 g/mol. The van der Waals surface area contributed by atoms with Crippen LogP contribution in [0.5, 0.6) is 0 Å². The smallest absolute Gasteiger partial charge is 0.280 e. The Kier molecular flexibility index (Phi) is 4.67. The van der Waals surface area contributed by atoms with Crippen LogP contribution in [0.1, 0.15) is 10.4 Å². The zero-order valence-electron chi connectivity index (χ0n) is 10.9. The molecule has 0 aliphatic carbocycles. The van der Waals surface area contributed by atoms with Crippen molar-refractivity contribution in [3.05, 3.63) is 64.4 Å². The third-order valence-corrected chi connectivity index (χ3v) is 2.74. The molecule has 1 amide bonds. The zero-order valence-corrected chi connectivity index (χ0v) is 11.7. The first-order chi connectivity index (χ1) is 10.3. The minimum atomic E-state index is -1.18. The summed E-state index contributed by atoms with van der Waals surface area (Å²) in [5, 5.41) is 2.59. The van der Waals surface area contributed by atoms with Gasteiger partial charge in [-0.1, -0.05) is 11.6 Å². The first-order valence-electron chi connectivity index (χ1n) is 5.92. The van der Waals surface area contributed by atoms with Gasteiger partial charge in [0, 0.05) is 16.3 Å². The Morgan fingerprint density at radius 2 is 1.82 bits per heavy atom. The lowest BCUT2D eigenvalue weighted by Gasteiger charge is -2.06. The van der Waals surface area contributed by atoms with Crippen LogP contribution in [-0.4, -0.2) is 11.9 Å². The average Bonchev–Trinajstić information content (AvgIpc) is 2.40. The van der Waals surface area contributed by atoms with E-state index in [9.17, 15) is 18.0 Å². The molecule has 3 N–H and O–H groups in total. The van der Waals surface area contributed by atoms with E-state index in [1.807, 2.05) is 0 Å². The van der Waals surface area contributed by atoms with Gasteiger partial charge in [-0.2, -0.15) is 4.99 Å². The predicted octanol–water partition coefficient (Wildman–Crippen LogP) is 3.32. The fourth-order valence-electron chi connectivity index (χ4n) is 1.60. The SMILES string of the molecule is N/C(=N\C(=O)c1ccc(F)c(F)c1)Nc1cc(F)cc(Cl)c1. The van der Waals surface area contributed by atoms with Gasteiger partial charge in [-0.25, -0.2) is 13.2 Å². The molecule has 0 unspecified atom stereocenters. The molecular formula is C14H9ClF3N3O. The van der Waals surface area contributed by atoms with E-state index in [-0.39, 0.29) is 22.2 Å². The number of benzene rings is 2. The quantitative estimate of drug-likeness (QED) is 0.657. The first kappa shape index (κ1) is 15.8. The molecule has 0 heterocycles. The number of nitrogens with two attached hydrogens (primary N) is 1. The number of hydrogen-bond donors (Lipinski definition) is 2. The number of carbonyl (C=O) groups is 1. The van der Waals surface area contributed by atoms with Gasteiger partial charge in [0.2, 0.25) is 5.96 Å². The number of guanidine groups is 1. The first-order valence-corrected chi connectivity index (χ1v) is 6.29. The molecule has 2 aromatic carbocycles. The minimum Gasteiger partial charge on any atom is -0.369 e. The molecule has 2 rings (SSSR count). The van der Waals surface area contributed by atoms with E-state index in [4.69, 9.17) is 17.3 Å². The second-order valence-electron chi connectivity index (χ2n) is 4.21. The van der Waals surface area contributed by atoms with Crippen LogP contribution in [0.2, 0.25) is 5.02 Å². The summed E-state index contributed by atoms with van der Waals surface area (Å²) in [6, 6.07) is 6.12. The molecule has 0 atom stereocenters. The molecule has 0 saturated heterocycles. The fraction of sp³-hybridized carbons (Fsp3) is 0. The van der Waals surface area contributed by atoms with Crippen LogP contribution in [0.4, 0.5) is 18.9 Å². The summed E-state index contributed by atoms with van der Waals surface area (Å²) in [4.78, 5) is 15.2. The molecule has 8 heteroatoms. The van der Waals surface area contributed by atoms with Crippen LogP contribution in [0, 0.1) is 17.5 Å². The number of anilines is 1. The minimum absolute atomic E-state index is 0.127. The molecule has 2 aromatic rings. The maximum absolute atomic E-state index is 13.1. The number of nitrogens with one attached hydrogen (secondary N) is 1. The summed E-state index contributed by atoms with van der Waals surface area (Å²) in [6.07, 6.45) is 0. The maximum Gasteiger partial charge on any atom is 0.280 e. The number of amides is 1. The van der Waals surface area contributed by atoms with Gasteiger partial charge in [-0.05, 0) is 36.4 Å². The van der Waals surface area contributed by atoms with Crippen molar-refractivity contribution in [2.24, 2.45) is 10.7 Å². The van der Waals surface area contributed by atoms with Crippen LogP contribution < -0.4 is 11.1 Å². The van der Waals surface area contributed by atoms with Crippen molar-refractivity contribution in [2.75, 3.05) is 5.32 Å². The summed E-state index contributed by atoms with van der Waals surface area (Å²) < 4.78 is 39.0. The molecule has 114 valence electrons. The molecule has 0 aromatic heterocycles. The van der Waals surface area contributed by atoms with E-state index in [2.05, 4.69) is 10.3 Å². The van der Waals surface area contributed by atoms with Gasteiger partial charge in [0.25, 0.3) is 5.91 Å². The van der Waals surface area contributed by atoms with Crippen LogP contribution in [-0.2, 0) is 0 Å². The highest BCUT2D eigenvalue weighted by Gasteiger charge is 2.10. The van der Waals surface area contributed by atoms with Crippen molar-refractivity contribution in [2.45, 2.75) is 0 Å². The van der Waals surface area contributed by atoms with Gasteiger partial charge in [-0.3, -0.25) is 4.79 Å². The maximum atomic E-state index is 13.1. The largest absolute Gasteiger partial charge is 0.369 e. The molecule has 22 heavy (non-hydrogen) atoms. The van der Waals surface area contributed by atoms with Crippen LogP contribution >= 0.6 is 11.6 Å². The van der Waals surface area contributed by atoms with Crippen molar-refractivity contribution in [3.8, 4) is 0 Å². The summed E-state index contributed by atoms with van der Waals surface area (Å²) in [5.41, 5.74) is 5.50. The molecule has 0 saturated carbocycles. The van der Waals surface area contributed by atoms with Crippen molar-refractivity contribution < 1.29 is 18.0 Å². The van der Waals surface area contributed by atoms with Crippen LogP contribution in [0.3, 0.4) is 0 Å². The predicted molar refractivity (Wildman–Crippen MR) is 77.3 cm³/mol. The standard InChI is InChI=1S/C14H9ClF3N3O/c15-8-4-9(16)6-10(5-8)20-14(19)21-13(22)7-1-2-11(17)12(18)3-7/h1-6H,(H3,19,20,21,22). The Bertz CT molecular complexity index is 745. The van der Waals surface area contributed by atoms with E-state index in [0.29, 0.717) is 6.07 Å². The van der Waals surface area contributed by atoms with E-state index < -0.39 is 23.4 Å². The monoisotopic (exact) mass is 327 g/mol.